The zero-order valence-electron chi connectivity index (χ0n) is 44.9. The standard InChI is InChI=1S/C60H71NO14Si/c1-10-76(11-2,12-3)75-45-33-46-59(36-70-46,74-39(6)63)51-53(73-55(66)43-31-23-16-24-32-43)60(68)34-44(37(4)47(57(60,7)8)49(71-38(5)62)52(64)58(45,51)9)72-56(67)50(69-35-40-25-17-13-18-26-40)48(41-27-19-14-20-28-41)61-54(65)42-29-21-15-22-30-42/h13-32,44-46,48-51,53,68H,10-12,33-36H2,1-9H3,(H,61,65)/t44-,45-,46+,48-,49+,50+,51-,53-,58+,59-,60+/m0/s1. The summed E-state index contributed by atoms with van der Waals surface area (Å²) in [4.78, 5) is 88.2. The summed E-state index contributed by atoms with van der Waals surface area (Å²) >= 11 is 0. The molecule has 0 aromatic heterocycles. The molecule has 1 saturated heterocycles. The Bertz CT molecular complexity index is 2800. The second kappa shape index (κ2) is 22.3. The van der Waals surface area contributed by atoms with Crippen molar-refractivity contribution in [3.8, 4) is 0 Å². The Morgan fingerprint density at radius 3 is 1.87 bits per heavy atom. The van der Waals surface area contributed by atoms with Gasteiger partial charge in [-0.15, -0.1) is 0 Å². The highest BCUT2D eigenvalue weighted by molar-refractivity contribution is 6.73. The lowest BCUT2D eigenvalue weighted by Crippen LogP contribution is -2.82. The molecule has 11 atom stereocenters. The maximum Gasteiger partial charge on any atom is 0.338 e. The van der Waals surface area contributed by atoms with E-state index in [1.807, 2.05) is 30.3 Å². The van der Waals surface area contributed by atoms with Crippen molar-refractivity contribution in [2.24, 2.45) is 16.7 Å². The van der Waals surface area contributed by atoms with Gasteiger partial charge in [-0.3, -0.25) is 19.2 Å². The van der Waals surface area contributed by atoms with Gasteiger partial charge in [-0.05, 0) is 78.5 Å². The SMILES string of the molecule is CC[Si](CC)(CC)O[C@H]1C[C@H]2OC[C@@]2(OC(C)=O)[C@H]2[C@H](OC(=O)c3ccccc3)[C@]3(O)C[C@H](OC(=O)[C@H](OCc4ccccc4)[C@@H](NC(=O)c4ccccc4)c4ccccc4)C(C)=C([C@@H](OC(C)=O)C(=O)[C@]12C)C3(C)C. The number of carbonyl (C=O) groups is 6. The van der Waals surface area contributed by atoms with E-state index in [9.17, 15) is 24.3 Å². The summed E-state index contributed by atoms with van der Waals surface area (Å²) in [6.07, 6.45) is -8.68. The third kappa shape index (κ3) is 10.2. The molecule has 76 heavy (non-hydrogen) atoms. The smallest absolute Gasteiger partial charge is 0.338 e. The predicted octanol–water partition coefficient (Wildman–Crippen LogP) is 8.99. The number of ether oxygens (including phenoxy) is 6. The highest BCUT2D eigenvalue weighted by Crippen LogP contribution is 2.65. The van der Waals surface area contributed by atoms with Gasteiger partial charge in [0, 0.05) is 37.7 Å². The Hall–Kier alpha value is -6.30. The molecule has 1 heterocycles. The summed E-state index contributed by atoms with van der Waals surface area (Å²) in [6, 6.07) is 35.6. The van der Waals surface area contributed by atoms with Gasteiger partial charge in [0.2, 0.25) is 0 Å². The number of benzene rings is 4. The van der Waals surface area contributed by atoms with E-state index in [1.165, 1.54) is 13.8 Å². The van der Waals surface area contributed by atoms with E-state index in [-0.39, 0.29) is 36.3 Å². The van der Waals surface area contributed by atoms with Crippen LogP contribution in [0.2, 0.25) is 18.1 Å². The summed E-state index contributed by atoms with van der Waals surface area (Å²) in [5.74, 6) is -5.88. The van der Waals surface area contributed by atoms with Gasteiger partial charge in [-0.1, -0.05) is 132 Å². The minimum absolute atomic E-state index is 0.0841. The van der Waals surface area contributed by atoms with Crippen LogP contribution in [-0.4, -0.2) is 103 Å². The number of Topliss-reactive ketones (excluding diaryl/α,β-unsaturated/α-hetero) is 1. The van der Waals surface area contributed by atoms with Crippen molar-refractivity contribution >= 4 is 43.9 Å². The zero-order valence-corrected chi connectivity index (χ0v) is 45.9. The number of ketones is 1. The largest absolute Gasteiger partial charge is 0.456 e. The molecule has 4 aromatic carbocycles. The fourth-order valence-electron chi connectivity index (χ4n) is 12.5. The Balaban J connectivity index is 1.34. The molecule has 16 heteroatoms. The average molecular weight is 1060 g/mol. The second-order valence-electron chi connectivity index (χ2n) is 21.5. The van der Waals surface area contributed by atoms with Crippen LogP contribution in [0.15, 0.2) is 132 Å². The molecule has 4 aliphatic rings. The first-order chi connectivity index (χ1) is 36.2. The van der Waals surface area contributed by atoms with E-state index < -0.39 is 121 Å². The van der Waals surface area contributed by atoms with Gasteiger partial charge >= 0.3 is 23.9 Å². The molecule has 8 rings (SSSR count). The lowest BCUT2D eigenvalue weighted by Gasteiger charge is -2.68. The molecule has 3 aliphatic carbocycles. The van der Waals surface area contributed by atoms with Gasteiger partial charge in [-0.2, -0.15) is 0 Å². The van der Waals surface area contributed by atoms with Crippen molar-refractivity contribution in [3.05, 3.63) is 155 Å². The second-order valence-corrected chi connectivity index (χ2v) is 26.2. The van der Waals surface area contributed by atoms with Crippen LogP contribution in [0.3, 0.4) is 0 Å². The van der Waals surface area contributed by atoms with Crippen LogP contribution in [0.4, 0.5) is 0 Å². The minimum Gasteiger partial charge on any atom is -0.456 e. The molecule has 0 unspecified atom stereocenters. The van der Waals surface area contributed by atoms with Crippen LogP contribution in [0, 0.1) is 16.7 Å². The summed E-state index contributed by atoms with van der Waals surface area (Å²) in [6.45, 7) is 14.9. The Kier molecular flexibility index (Phi) is 16.4. The van der Waals surface area contributed by atoms with E-state index in [0.717, 1.165) is 5.56 Å². The van der Waals surface area contributed by atoms with Gasteiger partial charge in [-0.25, -0.2) is 9.59 Å². The van der Waals surface area contributed by atoms with Crippen molar-refractivity contribution in [2.75, 3.05) is 6.61 Å². The van der Waals surface area contributed by atoms with Crippen molar-refractivity contribution in [3.63, 3.8) is 0 Å². The van der Waals surface area contributed by atoms with Crippen molar-refractivity contribution < 1.29 is 66.7 Å². The molecule has 1 aliphatic heterocycles. The Labute approximate surface area is 446 Å². The predicted molar refractivity (Wildman–Crippen MR) is 283 cm³/mol. The summed E-state index contributed by atoms with van der Waals surface area (Å²) in [7, 11) is -2.65. The van der Waals surface area contributed by atoms with Gasteiger partial charge < -0.3 is 43.3 Å². The Morgan fingerprint density at radius 1 is 0.763 bits per heavy atom. The van der Waals surface area contributed by atoms with E-state index >= 15 is 9.59 Å². The number of esters is 4. The number of hydrogen-bond acceptors (Lipinski definition) is 14. The van der Waals surface area contributed by atoms with E-state index in [2.05, 4.69) is 26.1 Å². The first-order valence-corrected chi connectivity index (χ1v) is 28.9. The average Bonchev–Trinajstić information content (AvgIpc) is 3.53. The molecule has 3 fully saturated rings. The van der Waals surface area contributed by atoms with Crippen LogP contribution in [-0.2, 0) is 58.6 Å². The van der Waals surface area contributed by atoms with Gasteiger partial charge in [0.1, 0.15) is 23.9 Å². The summed E-state index contributed by atoms with van der Waals surface area (Å²) in [5.41, 5.74) is -5.41. The number of carbonyl (C=O) groups excluding carboxylic acids is 6. The topological polar surface area (TPSA) is 199 Å². The number of amides is 1. The molecule has 2 saturated carbocycles. The van der Waals surface area contributed by atoms with Crippen LogP contribution in [0.5, 0.6) is 0 Å². The lowest BCUT2D eigenvalue weighted by atomic mass is 9.44. The molecule has 0 radical (unpaired) electrons. The maximum atomic E-state index is 16.6. The zero-order chi connectivity index (χ0) is 54.8. The molecule has 404 valence electrons. The molecular formula is C60H71NO14Si. The molecular weight excluding hydrogens is 987 g/mol. The van der Waals surface area contributed by atoms with Crippen molar-refractivity contribution in [1.82, 2.24) is 5.32 Å². The number of nitrogens with one attached hydrogen (secondary N) is 1. The number of rotatable bonds is 18. The number of aliphatic hydroxyl groups is 1. The van der Waals surface area contributed by atoms with E-state index in [0.29, 0.717) is 29.3 Å². The lowest BCUT2D eigenvalue weighted by molar-refractivity contribution is -0.344. The molecule has 4 aromatic rings. The van der Waals surface area contributed by atoms with Crippen LogP contribution >= 0.6 is 0 Å². The highest BCUT2D eigenvalue weighted by atomic mass is 28.4. The van der Waals surface area contributed by atoms with Crippen molar-refractivity contribution in [2.45, 2.75) is 154 Å². The van der Waals surface area contributed by atoms with Crippen LogP contribution < -0.4 is 5.32 Å². The summed E-state index contributed by atoms with van der Waals surface area (Å²) in [5, 5.41) is 17.4. The fraction of sp³-hybridized carbons (Fsp3) is 0.467. The van der Waals surface area contributed by atoms with Gasteiger partial charge in [0.25, 0.3) is 5.91 Å². The number of fused-ring (bicyclic) bond motifs is 5. The molecule has 2 N–H and O–H groups in total. The van der Waals surface area contributed by atoms with E-state index in [4.69, 9.17) is 32.8 Å². The highest BCUT2D eigenvalue weighted by Gasteiger charge is 2.79. The third-order valence-electron chi connectivity index (χ3n) is 17.0. The van der Waals surface area contributed by atoms with Crippen LogP contribution in [0.25, 0.3) is 0 Å². The Morgan fingerprint density at radius 2 is 1.33 bits per heavy atom. The monoisotopic (exact) mass is 1060 g/mol. The normalized spacial score (nSPS) is 28.4. The summed E-state index contributed by atoms with van der Waals surface area (Å²) < 4.78 is 46.3. The van der Waals surface area contributed by atoms with E-state index in [1.54, 1.807) is 119 Å². The van der Waals surface area contributed by atoms with Gasteiger partial charge in [0.05, 0.1) is 42.3 Å². The molecule has 15 nitrogen and oxygen atoms in total. The first kappa shape index (κ1) is 55.9. The quantitative estimate of drug-likeness (QED) is 0.0414. The third-order valence-corrected chi connectivity index (χ3v) is 21.7. The van der Waals surface area contributed by atoms with Crippen molar-refractivity contribution in [1.29, 1.82) is 0 Å². The molecule has 2 bridgehead atoms. The van der Waals surface area contributed by atoms with Crippen LogP contribution in [0.1, 0.15) is 113 Å². The number of hydrogen-bond donors (Lipinski definition) is 2. The molecule has 1 amide bonds. The maximum absolute atomic E-state index is 16.6. The van der Waals surface area contributed by atoms with Gasteiger partial charge in [0.15, 0.2) is 31.9 Å². The first-order valence-electron chi connectivity index (χ1n) is 26.4. The molecule has 0 spiro atoms. The fourth-order valence-corrected chi connectivity index (χ4v) is 15.5. The minimum atomic E-state index is -2.65.